The van der Waals surface area contributed by atoms with Crippen molar-refractivity contribution in [3.63, 3.8) is 0 Å². The number of nitro groups is 1. The van der Waals surface area contributed by atoms with Crippen molar-refractivity contribution in [2.45, 2.75) is 6.92 Å². The molecule has 0 atom stereocenters. The maximum absolute atomic E-state index is 12.3. The fourth-order valence-corrected chi connectivity index (χ4v) is 2.65. The molecule has 0 saturated carbocycles. The molecule has 0 aliphatic rings. The molecule has 2 aromatic heterocycles. The highest BCUT2D eigenvalue weighted by molar-refractivity contribution is 9.10. The first kappa shape index (κ1) is 16.1. The summed E-state index contributed by atoms with van der Waals surface area (Å²) in [6.07, 6.45) is 6.53. The van der Waals surface area contributed by atoms with E-state index in [0.717, 1.165) is 15.8 Å². The minimum Gasteiger partial charge on any atom is -0.299 e. The number of hydrogen-bond acceptors (Lipinski definition) is 4. The van der Waals surface area contributed by atoms with Crippen LogP contribution in [0, 0.1) is 17.0 Å². The van der Waals surface area contributed by atoms with E-state index in [9.17, 15) is 14.9 Å². The van der Waals surface area contributed by atoms with Gasteiger partial charge in [-0.05, 0) is 47.1 Å². The van der Waals surface area contributed by atoms with Crippen LogP contribution in [0.4, 0.5) is 5.69 Å². The number of nitro benzene ring substituents is 1. The van der Waals surface area contributed by atoms with Crippen LogP contribution in [0.25, 0.3) is 11.7 Å². The number of fused-ring (bicyclic) bond motifs is 1. The van der Waals surface area contributed by atoms with Crippen molar-refractivity contribution in [1.82, 2.24) is 9.38 Å². The normalized spacial score (nSPS) is 11.2. The zero-order valence-corrected chi connectivity index (χ0v) is 14.2. The Kier molecular flexibility index (Phi) is 4.26. The summed E-state index contributed by atoms with van der Waals surface area (Å²) in [5.74, 6) is -0.303. The number of halogens is 1. The van der Waals surface area contributed by atoms with Crippen molar-refractivity contribution in [3.8, 4) is 0 Å². The van der Waals surface area contributed by atoms with Crippen LogP contribution < -0.4 is 0 Å². The van der Waals surface area contributed by atoms with Gasteiger partial charge in [0.2, 0.25) is 0 Å². The van der Waals surface area contributed by atoms with Crippen LogP contribution >= 0.6 is 15.9 Å². The zero-order valence-electron chi connectivity index (χ0n) is 12.6. The van der Waals surface area contributed by atoms with Crippen molar-refractivity contribution in [2.75, 3.05) is 0 Å². The first-order valence-corrected chi connectivity index (χ1v) is 7.85. The molecule has 0 amide bonds. The molecule has 6 nitrogen and oxygen atoms in total. The van der Waals surface area contributed by atoms with Gasteiger partial charge in [0.25, 0.3) is 5.69 Å². The standard InChI is InChI=1S/C17H12BrN3O3/c1-11-2-3-12(8-15(11)21(23)24)16(22)6-5-14-9-19-17-7-4-13(18)10-20(14)17/h2-10H,1H3/b6-5+. The molecular weight excluding hydrogens is 374 g/mol. The van der Waals surface area contributed by atoms with Gasteiger partial charge in [-0.2, -0.15) is 0 Å². The zero-order chi connectivity index (χ0) is 17.3. The summed E-state index contributed by atoms with van der Waals surface area (Å²) < 4.78 is 2.73. The fraction of sp³-hybridized carbons (Fsp3) is 0.0588. The lowest BCUT2D eigenvalue weighted by molar-refractivity contribution is -0.385. The van der Waals surface area contributed by atoms with E-state index in [1.54, 1.807) is 31.3 Å². The number of hydrogen-bond donors (Lipinski definition) is 0. The molecule has 0 aliphatic heterocycles. The minimum atomic E-state index is -0.488. The van der Waals surface area contributed by atoms with Crippen LogP contribution in [0.15, 0.2) is 53.3 Å². The van der Waals surface area contributed by atoms with Crippen LogP contribution in [0.1, 0.15) is 21.6 Å². The molecule has 24 heavy (non-hydrogen) atoms. The maximum Gasteiger partial charge on any atom is 0.273 e. The van der Waals surface area contributed by atoms with E-state index < -0.39 is 4.92 Å². The number of pyridine rings is 1. The summed E-state index contributed by atoms with van der Waals surface area (Å²) in [6.45, 7) is 1.64. The number of imidazole rings is 1. The summed E-state index contributed by atoms with van der Waals surface area (Å²) in [6, 6.07) is 8.19. The lowest BCUT2D eigenvalue weighted by Crippen LogP contribution is -1.98. The predicted molar refractivity (Wildman–Crippen MR) is 94.1 cm³/mol. The third-order valence-corrected chi connectivity index (χ3v) is 4.06. The van der Waals surface area contributed by atoms with E-state index >= 15 is 0 Å². The van der Waals surface area contributed by atoms with Gasteiger partial charge in [0, 0.05) is 27.9 Å². The Morgan fingerprint density at radius 3 is 2.88 bits per heavy atom. The van der Waals surface area contributed by atoms with Crippen molar-refractivity contribution >= 4 is 39.1 Å². The summed E-state index contributed by atoms with van der Waals surface area (Å²) in [5, 5.41) is 11.0. The Labute approximate surface area is 145 Å². The van der Waals surface area contributed by atoms with E-state index in [2.05, 4.69) is 20.9 Å². The molecule has 0 spiro atoms. The lowest BCUT2D eigenvalue weighted by atomic mass is 10.1. The second-order valence-electron chi connectivity index (χ2n) is 5.21. The Morgan fingerprint density at radius 2 is 2.12 bits per heavy atom. The second-order valence-corrected chi connectivity index (χ2v) is 6.13. The molecule has 0 bridgehead atoms. The Morgan fingerprint density at radius 1 is 1.33 bits per heavy atom. The van der Waals surface area contributed by atoms with Crippen molar-refractivity contribution in [2.24, 2.45) is 0 Å². The molecule has 2 heterocycles. The topological polar surface area (TPSA) is 77.5 Å². The van der Waals surface area contributed by atoms with Gasteiger partial charge in [0.05, 0.1) is 16.8 Å². The van der Waals surface area contributed by atoms with Gasteiger partial charge in [-0.1, -0.05) is 12.1 Å². The van der Waals surface area contributed by atoms with E-state index in [-0.39, 0.29) is 17.0 Å². The highest BCUT2D eigenvalue weighted by atomic mass is 79.9. The van der Waals surface area contributed by atoms with E-state index in [4.69, 9.17) is 0 Å². The molecular formula is C17H12BrN3O3. The third-order valence-electron chi connectivity index (χ3n) is 3.59. The van der Waals surface area contributed by atoms with Gasteiger partial charge >= 0.3 is 0 Å². The third kappa shape index (κ3) is 3.11. The van der Waals surface area contributed by atoms with E-state index in [1.165, 1.54) is 12.1 Å². The smallest absolute Gasteiger partial charge is 0.273 e. The average Bonchev–Trinajstić information content (AvgIpc) is 2.95. The first-order chi connectivity index (χ1) is 11.5. The van der Waals surface area contributed by atoms with Crippen LogP contribution in [0.5, 0.6) is 0 Å². The molecule has 0 N–H and O–H groups in total. The van der Waals surface area contributed by atoms with Crippen LogP contribution in [0.3, 0.4) is 0 Å². The summed E-state index contributed by atoms with van der Waals surface area (Å²) >= 11 is 3.39. The number of aromatic nitrogens is 2. The molecule has 120 valence electrons. The molecule has 0 saturated heterocycles. The number of rotatable bonds is 4. The number of aryl methyl sites for hydroxylation is 1. The minimum absolute atomic E-state index is 0.0621. The SMILES string of the molecule is Cc1ccc(C(=O)/C=C/c2cnc3ccc(Br)cn23)cc1[N+](=O)[O-]. The molecule has 0 radical (unpaired) electrons. The highest BCUT2D eigenvalue weighted by Crippen LogP contribution is 2.20. The van der Waals surface area contributed by atoms with E-state index in [0.29, 0.717) is 5.56 Å². The monoisotopic (exact) mass is 385 g/mol. The van der Waals surface area contributed by atoms with Gasteiger partial charge in [-0.15, -0.1) is 0 Å². The van der Waals surface area contributed by atoms with Gasteiger partial charge in [-0.25, -0.2) is 4.98 Å². The number of allylic oxidation sites excluding steroid dienone is 1. The van der Waals surface area contributed by atoms with Gasteiger partial charge < -0.3 is 0 Å². The second kappa shape index (κ2) is 6.37. The highest BCUT2D eigenvalue weighted by Gasteiger charge is 2.13. The predicted octanol–water partition coefficient (Wildman–Crippen LogP) is 4.21. The molecule has 0 aliphatic carbocycles. The van der Waals surface area contributed by atoms with E-state index in [1.807, 2.05) is 22.7 Å². The van der Waals surface area contributed by atoms with Gasteiger partial charge in [-0.3, -0.25) is 19.3 Å². The molecule has 1 aromatic carbocycles. The summed E-state index contributed by atoms with van der Waals surface area (Å²) in [7, 11) is 0. The number of carbonyl (C=O) groups is 1. The van der Waals surface area contributed by atoms with Crippen molar-refractivity contribution < 1.29 is 9.72 Å². The Bertz CT molecular complexity index is 992. The Hall–Kier alpha value is -2.80. The summed E-state index contributed by atoms with van der Waals surface area (Å²) in [5.41, 5.74) is 2.23. The molecule has 3 rings (SSSR count). The number of ketones is 1. The van der Waals surface area contributed by atoms with Gasteiger partial charge in [0.1, 0.15) is 5.65 Å². The van der Waals surface area contributed by atoms with Gasteiger partial charge in [0.15, 0.2) is 5.78 Å². The molecule has 0 fully saturated rings. The number of nitrogens with zero attached hydrogens (tertiary/aromatic N) is 3. The van der Waals surface area contributed by atoms with Crippen LogP contribution in [-0.4, -0.2) is 20.1 Å². The van der Waals surface area contributed by atoms with Crippen LogP contribution in [0.2, 0.25) is 0 Å². The quantitative estimate of drug-likeness (QED) is 0.291. The first-order valence-electron chi connectivity index (χ1n) is 7.06. The van der Waals surface area contributed by atoms with Crippen molar-refractivity contribution in [3.05, 3.63) is 80.2 Å². The molecule has 0 unspecified atom stereocenters. The number of carbonyl (C=O) groups excluding carboxylic acids is 1. The molecule has 3 aromatic rings. The largest absolute Gasteiger partial charge is 0.299 e. The molecule has 7 heteroatoms. The summed E-state index contributed by atoms with van der Waals surface area (Å²) in [4.78, 5) is 27.0. The maximum atomic E-state index is 12.3. The number of benzene rings is 1. The fourth-order valence-electron chi connectivity index (χ4n) is 2.31. The van der Waals surface area contributed by atoms with Crippen LogP contribution in [-0.2, 0) is 0 Å². The average molecular weight is 386 g/mol. The lowest BCUT2D eigenvalue weighted by Gasteiger charge is -2.00. The Balaban J connectivity index is 1.91. The van der Waals surface area contributed by atoms with Crippen molar-refractivity contribution in [1.29, 1.82) is 0 Å².